The lowest BCUT2D eigenvalue weighted by atomic mass is 10.3. The fourth-order valence-corrected chi connectivity index (χ4v) is 1.77. The van der Waals surface area contributed by atoms with Gasteiger partial charge >= 0.3 is 0 Å². The van der Waals surface area contributed by atoms with Crippen molar-refractivity contribution in [1.82, 2.24) is 15.1 Å². The predicted octanol–water partition coefficient (Wildman–Crippen LogP) is 3.05. The molecule has 4 nitrogen and oxygen atoms in total. The number of aryl methyl sites for hydroxylation is 1. The average Bonchev–Trinajstić information content (AvgIpc) is 2.94. The predicted molar refractivity (Wildman–Crippen MR) is 72.2 cm³/mol. The Balaban J connectivity index is 2.04. The Bertz CT molecular complexity index is 485. The molecule has 0 saturated heterocycles. The molecule has 0 spiro atoms. The average molecular weight is 247 g/mol. The van der Waals surface area contributed by atoms with Crippen molar-refractivity contribution in [2.24, 2.45) is 0 Å². The van der Waals surface area contributed by atoms with Crippen LogP contribution in [0.3, 0.4) is 0 Å². The van der Waals surface area contributed by atoms with Crippen molar-refractivity contribution in [3.05, 3.63) is 30.3 Å². The zero-order chi connectivity index (χ0) is 13.0. The quantitative estimate of drug-likeness (QED) is 0.853. The van der Waals surface area contributed by atoms with Gasteiger partial charge in [-0.3, -0.25) is 4.68 Å². The van der Waals surface area contributed by atoms with Gasteiger partial charge in [-0.15, -0.1) is 0 Å². The molecule has 0 aliphatic carbocycles. The smallest absolute Gasteiger partial charge is 0.137 e. The molecule has 0 saturated carbocycles. The molecule has 4 heteroatoms. The summed E-state index contributed by atoms with van der Waals surface area (Å²) < 4.78 is 7.74. The summed E-state index contributed by atoms with van der Waals surface area (Å²) in [6.07, 6.45) is 4.97. The molecule has 2 aromatic heterocycles. The topological polar surface area (TPSA) is 43.0 Å². The largest absolute Gasteiger partial charge is 0.460 e. The van der Waals surface area contributed by atoms with E-state index >= 15 is 0 Å². The molecular weight excluding hydrogens is 226 g/mol. The van der Waals surface area contributed by atoms with Crippen LogP contribution >= 0.6 is 0 Å². The summed E-state index contributed by atoms with van der Waals surface area (Å²) in [5.41, 5.74) is 1.04. The van der Waals surface area contributed by atoms with Crippen molar-refractivity contribution in [2.75, 3.05) is 0 Å². The molecule has 0 aromatic carbocycles. The summed E-state index contributed by atoms with van der Waals surface area (Å²) in [6, 6.07) is 4.48. The lowest BCUT2D eigenvalue weighted by Gasteiger charge is -2.04. The summed E-state index contributed by atoms with van der Waals surface area (Å²) in [5.74, 6) is 1.85. The van der Waals surface area contributed by atoms with Gasteiger partial charge in [0.2, 0.25) is 0 Å². The van der Waals surface area contributed by atoms with E-state index in [2.05, 4.69) is 31.2 Å². The van der Waals surface area contributed by atoms with Crippen molar-refractivity contribution in [3.8, 4) is 11.3 Å². The monoisotopic (exact) mass is 247 g/mol. The molecule has 2 heterocycles. The van der Waals surface area contributed by atoms with E-state index in [4.69, 9.17) is 4.42 Å². The summed E-state index contributed by atoms with van der Waals surface area (Å²) in [4.78, 5) is 0. The van der Waals surface area contributed by atoms with Crippen LogP contribution in [-0.4, -0.2) is 15.8 Å². The molecule has 2 rings (SSSR count). The molecule has 0 bridgehead atoms. The minimum absolute atomic E-state index is 0.464. The molecule has 2 aromatic rings. The van der Waals surface area contributed by atoms with E-state index in [-0.39, 0.29) is 0 Å². The van der Waals surface area contributed by atoms with Crippen LogP contribution in [-0.2, 0) is 13.1 Å². The van der Waals surface area contributed by atoms with E-state index in [0.717, 1.165) is 36.6 Å². The van der Waals surface area contributed by atoms with E-state index in [1.54, 1.807) is 0 Å². The van der Waals surface area contributed by atoms with Gasteiger partial charge in [-0.25, -0.2) is 0 Å². The number of nitrogens with zero attached hydrogens (tertiary/aromatic N) is 2. The van der Waals surface area contributed by atoms with Gasteiger partial charge < -0.3 is 9.73 Å². The third kappa shape index (κ3) is 3.23. The van der Waals surface area contributed by atoms with Gasteiger partial charge in [0.1, 0.15) is 11.5 Å². The second-order valence-corrected chi connectivity index (χ2v) is 4.79. The number of nitrogens with one attached hydrogen (secondary N) is 1. The minimum atomic E-state index is 0.464. The molecule has 0 unspecified atom stereocenters. The van der Waals surface area contributed by atoms with Gasteiger partial charge in [-0.05, 0) is 18.6 Å². The Morgan fingerprint density at radius 1 is 1.39 bits per heavy atom. The van der Waals surface area contributed by atoms with E-state index in [0.29, 0.717) is 6.04 Å². The van der Waals surface area contributed by atoms with Crippen LogP contribution in [0.25, 0.3) is 11.3 Å². The Labute approximate surface area is 108 Å². The van der Waals surface area contributed by atoms with Gasteiger partial charge in [0.15, 0.2) is 0 Å². The Hall–Kier alpha value is -1.55. The number of furan rings is 1. The van der Waals surface area contributed by atoms with Crippen LogP contribution in [0.2, 0.25) is 0 Å². The summed E-state index contributed by atoms with van der Waals surface area (Å²) in [5, 5.41) is 7.64. The van der Waals surface area contributed by atoms with Gasteiger partial charge in [0, 0.05) is 18.8 Å². The van der Waals surface area contributed by atoms with Crippen LogP contribution in [0, 0.1) is 0 Å². The zero-order valence-corrected chi connectivity index (χ0v) is 11.3. The minimum Gasteiger partial charge on any atom is -0.460 e. The van der Waals surface area contributed by atoms with E-state index in [9.17, 15) is 0 Å². The van der Waals surface area contributed by atoms with Crippen molar-refractivity contribution in [2.45, 2.75) is 46.3 Å². The second kappa shape index (κ2) is 5.87. The molecule has 0 aliphatic rings. The first-order valence-electron chi connectivity index (χ1n) is 6.54. The lowest BCUT2D eigenvalue weighted by molar-refractivity contribution is 0.473. The Morgan fingerprint density at radius 2 is 2.22 bits per heavy atom. The van der Waals surface area contributed by atoms with Crippen molar-refractivity contribution in [3.63, 3.8) is 0 Å². The highest BCUT2D eigenvalue weighted by molar-refractivity contribution is 5.55. The number of hydrogen-bond acceptors (Lipinski definition) is 3. The third-order valence-corrected chi connectivity index (χ3v) is 2.72. The molecule has 0 fully saturated rings. The highest BCUT2D eigenvalue weighted by Gasteiger charge is 2.07. The summed E-state index contributed by atoms with van der Waals surface area (Å²) in [6.45, 7) is 8.10. The van der Waals surface area contributed by atoms with E-state index in [1.165, 1.54) is 0 Å². The van der Waals surface area contributed by atoms with Gasteiger partial charge in [-0.1, -0.05) is 20.8 Å². The SMILES string of the molecule is CCCn1cc(-c2ccc(CNC(C)C)o2)cn1. The molecule has 0 aliphatic heterocycles. The fraction of sp³-hybridized carbons (Fsp3) is 0.500. The van der Waals surface area contributed by atoms with Gasteiger partial charge in [0.05, 0.1) is 18.3 Å². The maximum atomic E-state index is 5.80. The number of aromatic nitrogens is 2. The van der Waals surface area contributed by atoms with Crippen LogP contribution in [0.15, 0.2) is 28.9 Å². The highest BCUT2D eigenvalue weighted by atomic mass is 16.3. The van der Waals surface area contributed by atoms with Crippen LogP contribution in [0.1, 0.15) is 33.0 Å². The molecule has 0 amide bonds. The second-order valence-electron chi connectivity index (χ2n) is 4.79. The Kier molecular flexibility index (Phi) is 4.20. The highest BCUT2D eigenvalue weighted by Crippen LogP contribution is 2.21. The first kappa shape index (κ1) is 12.9. The van der Waals surface area contributed by atoms with Crippen molar-refractivity contribution in [1.29, 1.82) is 0 Å². The lowest BCUT2D eigenvalue weighted by Crippen LogP contribution is -2.21. The van der Waals surface area contributed by atoms with Crippen molar-refractivity contribution < 1.29 is 4.42 Å². The maximum absolute atomic E-state index is 5.80. The van der Waals surface area contributed by atoms with Gasteiger partial charge in [-0.2, -0.15) is 5.10 Å². The Morgan fingerprint density at radius 3 is 2.94 bits per heavy atom. The van der Waals surface area contributed by atoms with E-state index in [1.807, 2.05) is 29.2 Å². The van der Waals surface area contributed by atoms with Crippen molar-refractivity contribution >= 4 is 0 Å². The standard InChI is InChI=1S/C14H21N3O/c1-4-7-17-10-12(8-16-17)14-6-5-13(18-14)9-15-11(2)3/h5-6,8,10-11,15H,4,7,9H2,1-3H3. The molecular formula is C14H21N3O. The van der Waals surface area contributed by atoms with Crippen LogP contribution in [0.4, 0.5) is 0 Å². The molecule has 0 atom stereocenters. The first-order chi connectivity index (χ1) is 8.69. The molecule has 0 radical (unpaired) electrons. The van der Waals surface area contributed by atoms with Gasteiger partial charge in [0.25, 0.3) is 0 Å². The number of hydrogen-bond donors (Lipinski definition) is 1. The first-order valence-corrected chi connectivity index (χ1v) is 6.54. The number of rotatable bonds is 6. The van der Waals surface area contributed by atoms with Crippen LogP contribution < -0.4 is 5.32 Å². The normalized spacial score (nSPS) is 11.3. The third-order valence-electron chi connectivity index (χ3n) is 2.72. The maximum Gasteiger partial charge on any atom is 0.137 e. The van der Waals surface area contributed by atoms with Crippen LogP contribution in [0.5, 0.6) is 0 Å². The summed E-state index contributed by atoms with van der Waals surface area (Å²) >= 11 is 0. The fourth-order valence-electron chi connectivity index (χ4n) is 1.77. The zero-order valence-electron chi connectivity index (χ0n) is 11.3. The van der Waals surface area contributed by atoms with E-state index < -0.39 is 0 Å². The molecule has 98 valence electrons. The molecule has 18 heavy (non-hydrogen) atoms. The summed E-state index contributed by atoms with van der Waals surface area (Å²) in [7, 11) is 0. The molecule has 1 N–H and O–H groups in total.